The molecule has 0 atom stereocenters. The first-order chi connectivity index (χ1) is 10.8. The molecule has 23 heavy (non-hydrogen) atoms. The molecule has 1 heterocycles. The minimum Gasteiger partial charge on any atom is -0.461 e. The van der Waals surface area contributed by atoms with Gasteiger partial charge in [0.2, 0.25) is 0 Å². The number of rotatable bonds is 6. The van der Waals surface area contributed by atoms with Crippen LogP contribution in [0.1, 0.15) is 56.7 Å². The van der Waals surface area contributed by atoms with E-state index in [4.69, 9.17) is 9.47 Å². The van der Waals surface area contributed by atoms with E-state index in [-0.39, 0.29) is 18.8 Å². The molecule has 0 spiro atoms. The molecule has 1 aromatic heterocycles. The molecule has 128 valence electrons. The van der Waals surface area contributed by atoms with Gasteiger partial charge in [-0.25, -0.2) is 14.3 Å². The summed E-state index contributed by atoms with van der Waals surface area (Å²) in [5.74, 6) is 0.0301. The zero-order chi connectivity index (χ0) is 17.0. The molecule has 2 rings (SSSR count). The van der Waals surface area contributed by atoms with Gasteiger partial charge >= 0.3 is 12.1 Å². The molecule has 1 saturated carbocycles. The van der Waals surface area contributed by atoms with Crippen molar-refractivity contribution in [3.63, 3.8) is 0 Å². The van der Waals surface area contributed by atoms with Crippen LogP contribution in [0.5, 0.6) is 0 Å². The molecule has 1 amide bonds. The van der Waals surface area contributed by atoms with Crippen LogP contribution in [-0.2, 0) is 22.6 Å². The Labute approximate surface area is 135 Å². The molecule has 1 aliphatic carbocycles. The van der Waals surface area contributed by atoms with Crippen LogP contribution in [0.4, 0.5) is 4.79 Å². The maximum atomic E-state index is 12.0. The van der Waals surface area contributed by atoms with E-state index < -0.39 is 17.7 Å². The predicted molar refractivity (Wildman–Crippen MR) is 81.8 cm³/mol. The second kappa shape index (κ2) is 6.97. The Morgan fingerprint density at radius 3 is 2.61 bits per heavy atom. The smallest absolute Gasteiger partial charge is 0.407 e. The number of hydrogen-bond donors (Lipinski definition) is 1. The van der Waals surface area contributed by atoms with Gasteiger partial charge in [0.25, 0.3) is 0 Å². The highest BCUT2D eigenvalue weighted by Gasteiger charge is 2.27. The van der Waals surface area contributed by atoms with Crippen LogP contribution in [-0.4, -0.2) is 39.3 Å². The van der Waals surface area contributed by atoms with Gasteiger partial charge in [-0.3, -0.25) is 0 Å². The molecule has 1 N–H and O–H groups in total. The first-order valence-electron chi connectivity index (χ1n) is 7.86. The minimum atomic E-state index is -0.583. The summed E-state index contributed by atoms with van der Waals surface area (Å²) in [7, 11) is 0. The van der Waals surface area contributed by atoms with Gasteiger partial charge in [0, 0.05) is 6.54 Å². The van der Waals surface area contributed by atoms with Gasteiger partial charge in [-0.05, 0) is 46.5 Å². The highest BCUT2D eigenvalue weighted by molar-refractivity contribution is 5.88. The van der Waals surface area contributed by atoms with E-state index in [0.29, 0.717) is 18.2 Å². The third kappa shape index (κ3) is 5.22. The highest BCUT2D eigenvalue weighted by Crippen LogP contribution is 2.30. The van der Waals surface area contributed by atoms with Gasteiger partial charge in [-0.15, -0.1) is 5.10 Å². The Hall–Kier alpha value is -2.12. The monoisotopic (exact) mass is 324 g/mol. The number of amides is 1. The van der Waals surface area contributed by atoms with E-state index in [1.54, 1.807) is 32.4 Å². The van der Waals surface area contributed by atoms with Crippen molar-refractivity contribution in [2.45, 2.75) is 59.2 Å². The molecule has 8 nitrogen and oxygen atoms in total. The number of nitrogens with zero attached hydrogens (tertiary/aromatic N) is 3. The number of hydrogen-bond acceptors (Lipinski definition) is 6. The summed E-state index contributed by atoms with van der Waals surface area (Å²) in [6.07, 6.45) is 1.74. The van der Waals surface area contributed by atoms with Crippen molar-refractivity contribution < 1.29 is 19.1 Å². The van der Waals surface area contributed by atoms with Crippen LogP contribution in [0.3, 0.4) is 0 Å². The van der Waals surface area contributed by atoms with E-state index >= 15 is 0 Å². The third-order valence-corrected chi connectivity index (χ3v) is 3.23. The van der Waals surface area contributed by atoms with Crippen LogP contribution in [0.15, 0.2) is 0 Å². The van der Waals surface area contributed by atoms with Crippen molar-refractivity contribution in [1.29, 1.82) is 0 Å². The molecular weight excluding hydrogens is 300 g/mol. The van der Waals surface area contributed by atoms with Crippen molar-refractivity contribution in [3.05, 3.63) is 11.4 Å². The number of carbonyl (C=O) groups excluding carboxylic acids is 2. The van der Waals surface area contributed by atoms with Gasteiger partial charge in [-0.1, -0.05) is 5.21 Å². The maximum absolute atomic E-state index is 12.0. The van der Waals surface area contributed by atoms with Crippen LogP contribution in [0, 0.1) is 5.92 Å². The van der Waals surface area contributed by atoms with Crippen LogP contribution < -0.4 is 5.32 Å². The van der Waals surface area contributed by atoms with Crippen LogP contribution >= 0.6 is 0 Å². The van der Waals surface area contributed by atoms with Crippen molar-refractivity contribution in [1.82, 2.24) is 20.3 Å². The fraction of sp³-hybridized carbons (Fsp3) is 0.733. The lowest BCUT2D eigenvalue weighted by Gasteiger charge is -2.19. The van der Waals surface area contributed by atoms with Gasteiger partial charge in [0.15, 0.2) is 5.69 Å². The number of aromatic nitrogens is 3. The summed E-state index contributed by atoms with van der Waals surface area (Å²) >= 11 is 0. The molecule has 1 aromatic rings. The Morgan fingerprint density at radius 2 is 2.04 bits per heavy atom. The van der Waals surface area contributed by atoms with Crippen molar-refractivity contribution in [2.24, 2.45) is 5.92 Å². The average Bonchev–Trinajstić information content (AvgIpc) is 3.14. The van der Waals surface area contributed by atoms with Gasteiger partial charge < -0.3 is 14.8 Å². The normalized spacial score (nSPS) is 14.4. The summed E-state index contributed by atoms with van der Waals surface area (Å²) < 4.78 is 11.9. The van der Waals surface area contributed by atoms with Crippen molar-refractivity contribution >= 4 is 12.1 Å². The van der Waals surface area contributed by atoms with E-state index in [9.17, 15) is 9.59 Å². The summed E-state index contributed by atoms with van der Waals surface area (Å²) in [4.78, 5) is 23.8. The van der Waals surface area contributed by atoms with Crippen LogP contribution in [0.2, 0.25) is 0 Å². The number of carbonyl (C=O) groups is 2. The Balaban J connectivity index is 2.08. The quantitative estimate of drug-likeness (QED) is 0.803. The van der Waals surface area contributed by atoms with E-state index in [1.165, 1.54) is 0 Å². The van der Waals surface area contributed by atoms with E-state index in [1.807, 2.05) is 0 Å². The Bertz CT molecular complexity index is 573. The fourth-order valence-corrected chi connectivity index (χ4v) is 2.03. The highest BCUT2D eigenvalue weighted by atomic mass is 16.6. The third-order valence-electron chi connectivity index (χ3n) is 3.23. The summed E-state index contributed by atoms with van der Waals surface area (Å²) in [5.41, 5.74) is 0.102. The first kappa shape index (κ1) is 17.2. The van der Waals surface area contributed by atoms with Gasteiger partial charge in [0.1, 0.15) is 5.60 Å². The van der Waals surface area contributed by atoms with Gasteiger partial charge in [-0.2, -0.15) is 0 Å². The topological polar surface area (TPSA) is 95.3 Å². The maximum Gasteiger partial charge on any atom is 0.407 e. The zero-order valence-corrected chi connectivity index (χ0v) is 14.1. The molecule has 0 bridgehead atoms. The lowest BCUT2D eigenvalue weighted by Crippen LogP contribution is -2.33. The lowest BCUT2D eigenvalue weighted by atomic mass is 10.2. The molecular formula is C15H24N4O4. The number of nitrogens with one attached hydrogen (secondary N) is 1. The summed E-state index contributed by atoms with van der Waals surface area (Å²) in [6, 6.07) is 0. The number of alkyl carbamates (subject to hydrolysis) is 1. The van der Waals surface area contributed by atoms with E-state index in [2.05, 4.69) is 15.6 Å². The first-order valence-corrected chi connectivity index (χ1v) is 7.86. The second-order valence-electron chi connectivity index (χ2n) is 6.59. The molecule has 0 aliphatic heterocycles. The average molecular weight is 324 g/mol. The zero-order valence-electron chi connectivity index (χ0n) is 14.1. The molecule has 8 heteroatoms. The molecule has 0 unspecified atom stereocenters. The standard InChI is InChI=1S/C15H24N4O4/c1-5-22-13(20)12-11(8-16-14(21)23-15(2,3)4)19(18-17-12)9-10-6-7-10/h10H,5-9H2,1-4H3,(H,16,21). The summed E-state index contributed by atoms with van der Waals surface area (Å²) in [6.45, 7) is 8.15. The predicted octanol–water partition coefficient (Wildman–Crippen LogP) is 1.89. The lowest BCUT2D eigenvalue weighted by molar-refractivity contribution is 0.0497. The Morgan fingerprint density at radius 1 is 1.35 bits per heavy atom. The molecule has 0 aromatic carbocycles. The second-order valence-corrected chi connectivity index (χ2v) is 6.59. The largest absolute Gasteiger partial charge is 0.461 e. The molecule has 1 aliphatic rings. The van der Waals surface area contributed by atoms with Crippen molar-refractivity contribution in [3.8, 4) is 0 Å². The summed E-state index contributed by atoms with van der Waals surface area (Å²) in [5, 5.41) is 10.6. The Kier molecular flexibility index (Phi) is 5.23. The molecule has 0 radical (unpaired) electrons. The molecule has 1 fully saturated rings. The number of esters is 1. The number of ether oxygens (including phenoxy) is 2. The van der Waals surface area contributed by atoms with E-state index in [0.717, 1.165) is 12.8 Å². The van der Waals surface area contributed by atoms with Gasteiger partial charge in [0.05, 0.1) is 18.8 Å². The fourth-order valence-electron chi connectivity index (χ4n) is 2.03. The SMILES string of the molecule is CCOC(=O)c1nnn(CC2CC2)c1CNC(=O)OC(C)(C)C. The van der Waals surface area contributed by atoms with Crippen molar-refractivity contribution in [2.75, 3.05) is 6.61 Å². The minimum absolute atomic E-state index is 0.114. The molecule has 0 saturated heterocycles. The van der Waals surface area contributed by atoms with Crippen LogP contribution in [0.25, 0.3) is 0 Å².